The Morgan fingerprint density at radius 3 is 1.27 bits per heavy atom. The third kappa shape index (κ3) is 19.6. The minimum absolute atomic E-state index is 0.828. The maximum Gasteiger partial charge on any atom is 0.364 e. The van der Waals surface area contributed by atoms with E-state index in [1.165, 1.54) is 0 Å². The van der Waals surface area contributed by atoms with Crippen LogP contribution in [-0.2, 0) is 95.1 Å². The van der Waals surface area contributed by atoms with Crippen LogP contribution in [0.15, 0.2) is 0 Å². The summed E-state index contributed by atoms with van der Waals surface area (Å²) in [5.74, 6) is -15.4. The number of hydrogen-bond acceptors (Lipinski definition) is 40. The highest BCUT2D eigenvalue weighted by Gasteiger charge is 2.64. The fraction of sp³-hybridized carbons (Fsp3) is 0.879. The van der Waals surface area contributed by atoms with Gasteiger partial charge in [-0.25, -0.2) is 9.59 Å². The summed E-state index contributed by atoms with van der Waals surface area (Å²) in [5.41, 5.74) is 0. The molecule has 105 heavy (non-hydrogen) atoms. The Balaban J connectivity index is 1.19. The lowest BCUT2D eigenvalue weighted by molar-refractivity contribution is -0.395. The third-order valence-electron chi connectivity index (χ3n) is 18.5. The zero-order chi connectivity index (χ0) is 78.3. The van der Waals surface area contributed by atoms with Gasteiger partial charge in [0, 0.05) is 47.5 Å². The molecule has 0 bridgehead atoms. The summed E-state index contributed by atoms with van der Waals surface area (Å²) in [6.07, 6.45) is -68.3. The van der Waals surface area contributed by atoms with Crippen molar-refractivity contribution in [2.24, 2.45) is 0 Å². The topological polar surface area (TPSA) is 745 Å². The lowest BCUT2D eigenvalue weighted by atomic mass is 9.87. The molecule has 47 nitrogen and oxygen atoms in total. The van der Waals surface area contributed by atoms with E-state index in [1.54, 1.807) is 0 Å². The summed E-state index contributed by atoms with van der Waals surface area (Å²) >= 11 is 0. The maximum atomic E-state index is 13.8. The van der Waals surface area contributed by atoms with Crippen LogP contribution in [0.4, 0.5) is 0 Å². The third-order valence-corrected chi connectivity index (χ3v) is 18.5. The van der Waals surface area contributed by atoms with Gasteiger partial charge >= 0.3 is 11.9 Å². The van der Waals surface area contributed by atoms with Crippen LogP contribution in [0.25, 0.3) is 0 Å². The molecule has 47 heteroatoms. The van der Waals surface area contributed by atoms with Crippen molar-refractivity contribution in [1.82, 2.24) is 26.6 Å². The highest BCUT2D eigenvalue weighted by atomic mass is 16.8. The van der Waals surface area contributed by atoms with E-state index < -0.39 is 326 Å². The quantitative estimate of drug-likeness (QED) is 0.0318. The van der Waals surface area contributed by atoms with Crippen molar-refractivity contribution in [3.05, 3.63) is 0 Å². The molecule has 0 spiro atoms. The molecule has 7 aliphatic heterocycles. The Hall–Kier alpha value is -5.03. The second-order valence-electron chi connectivity index (χ2n) is 26.1. The Kier molecular flexibility index (Phi) is 30.8. The van der Waals surface area contributed by atoms with Crippen LogP contribution in [0, 0.1) is 0 Å². The van der Waals surface area contributed by atoms with Crippen LogP contribution in [0.5, 0.6) is 0 Å². The molecule has 0 radical (unpaired) electrons. The van der Waals surface area contributed by atoms with Crippen molar-refractivity contribution in [2.45, 2.75) is 273 Å². The van der Waals surface area contributed by atoms with Gasteiger partial charge in [0.1, 0.15) is 159 Å². The van der Waals surface area contributed by atoms with Gasteiger partial charge in [-0.2, -0.15) is 0 Å². The summed E-state index contributed by atoms with van der Waals surface area (Å²) in [4.78, 5) is 89.9. The van der Waals surface area contributed by atoms with Crippen LogP contribution in [0.3, 0.4) is 0 Å². The van der Waals surface area contributed by atoms with Crippen LogP contribution >= 0.6 is 0 Å². The van der Waals surface area contributed by atoms with Crippen LogP contribution in [0.1, 0.15) is 47.5 Å². The van der Waals surface area contributed by atoms with Crippen molar-refractivity contribution in [1.29, 1.82) is 0 Å². The van der Waals surface area contributed by atoms with Crippen molar-refractivity contribution >= 4 is 41.5 Å². The van der Waals surface area contributed by atoms with Gasteiger partial charge in [-0.1, -0.05) is 0 Å². The standard InChI is InChI=1S/C58H95N5O42/c1-15(70)59-29-20(75)6-57(55(89)90,103-46(29)34(79)22(77)8-64)93-14-28-38(83)45(32(50(88)94-28)62-18(4)73)101-53-41(86)40(85)43(26(12-68)98-53)99-54-42(87)49(37(82)25(11-67)96-54)102-52-33(63-19(5)74)48(44(27(13-69)97-52)100-51-31(61-17(3)72)39(84)36(81)24(10-66)95-51)105-58(56(91)92)7-21(76)30(60-16(2)71)47(104-58)35(80)23(78)9-65/h20-54,64-69,75-88H,6-14H2,1-5H3,(H,59,70)(H,60,71)(H,61,72)(H,62,73)(H,63,74)(H,89,90)(H,91,92)/t20-,21-,22+,23+,24+,25+,26+,27+,28+,29+,30+,31+,32+,33+,34+,35+,36-,37-,38-,39+,40+,41+,42+,43-,44-,45+,46+,47+,48+,49-,50?,51-,52-,53-,54-,57+,58-/m0/s1. The summed E-state index contributed by atoms with van der Waals surface area (Å²) in [5, 5.41) is 254. The average molecular weight is 1530 g/mol. The molecule has 7 rings (SSSR count). The van der Waals surface area contributed by atoms with E-state index >= 15 is 0 Å². The number of nitrogens with one attached hydrogen (secondary N) is 5. The first-order valence-electron chi connectivity index (χ1n) is 32.9. The molecule has 1 unspecified atom stereocenters. The molecular formula is C58H95N5O42. The van der Waals surface area contributed by atoms with Gasteiger partial charge in [0.2, 0.25) is 29.5 Å². The largest absolute Gasteiger partial charge is 0.477 e. The number of carbonyl (C=O) groups excluding carboxylic acids is 5. The molecule has 0 aromatic heterocycles. The van der Waals surface area contributed by atoms with Crippen LogP contribution < -0.4 is 26.6 Å². The van der Waals surface area contributed by atoms with Gasteiger partial charge in [0.25, 0.3) is 11.6 Å². The highest BCUT2D eigenvalue weighted by molar-refractivity contribution is 5.78. The summed E-state index contributed by atoms with van der Waals surface area (Å²) in [6, 6.07) is -9.46. The van der Waals surface area contributed by atoms with Gasteiger partial charge in [0.15, 0.2) is 31.5 Å². The van der Waals surface area contributed by atoms with E-state index in [2.05, 4.69) is 26.6 Å². The fourth-order valence-corrected chi connectivity index (χ4v) is 13.3. The molecule has 7 fully saturated rings. The highest BCUT2D eigenvalue weighted by Crippen LogP contribution is 2.42. The summed E-state index contributed by atoms with van der Waals surface area (Å²) in [7, 11) is 0. The van der Waals surface area contributed by atoms with E-state index in [1.807, 2.05) is 0 Å². The van der Waals surface area contributed by atoms with Crippen molar-refractivity contribution in [3.8, 4) is 0 Å². The Labute approximate surface area is 593 Å². The molecule has 37 atom stereocenters. The molecule has 0 aliphatic carbocycles. The number of hydrogen-bond donors (Lipinski definition) is 27. The zero-order valence-corrected chi connectivity index (χ0v) is 56.6. The number of amides is 5. The monoisotopic (exact) mass is 1530 g/mol. The second kappa shape index (κ2) is 37.1. The van der Waals surface area contributed by atoms with Crippen LogP contribution in [0.2, 0.25) is 0 Å². The molecule has 604 valence electrons. The lowest BCUT2D eigenvalue weighted by Gasteiger charge is -2.53. The van der Waals surface area contributed by atoms with Gasteiger partial charge in [-0.3, -0.25) is 24.0 Å². The van der Waals surface area contributed by atoms with Crippen LogP contribution in [-0.4, -0.2) is 426 Å². The number of carboxylic acid groups (broad SMARTS) is 2. The number of aliphatic hydroxyl groups is 20. The zero-order valence-electron chi connectivity index (χ0n) is 56.6. The minimum Gasteiger partial charge on any atom is -0.477 e. The minimum atomic E-state index is -3.44. The van der Waals surface area contributed by atoms with E-state index in [-0.39, 0.29) is 0 Å². The van der Waals surface area contributed by atoms with Crippen molar-refractivity contribution < 1.29 is 207 Å². The summed E-state index contributed by atoms with van der Waals surface area (Å²) in [6.45, 7) is -3.80. The predicted molar refractivity (Wildman–Crippen MR) is 324 cm³/mol. The molecule has 0 aromatic carbocycles. The molecule has 5 amide bonds. The molecule has 7 saturated heterocycles. The van der Waals surface area contributed by atoms with Crippen molar-refractivity contribution in [2.75, 3.05) is 46.2 Å². The molecule has 7 aliphatic rings. The second-order valence-corrected chi connectivity index (χ2v) is 26.1. The number of aliphatic hydroxyl groups excluding tert-OH is 20. The fourth-order valence-electron chi connectivity index (χ4n) is 13.3. The number of rotatable bonds is 30. The summed E-state index contributed by atoms with van der Waals surface area (Å²) < 4.78 is 76.5. The average Bonchev–Trinajstić information content (AvgIpc) is 0.751. The van der Waals surface area contributed by atoms with Gasteiger partial charge in [-0.05, 0) is 0 Å². The number of carbonyl (C=O) groups is 7. The number of carboxylic acids is 2. The number of aliphatic carboxylic acids is 2. The smallest absolute Gasteiger partial charge is 0.364 e. The van der Waals surface area contributed by atoms with E-state index in [4.69, 9.17) is 61.6 Å². The first-order valence-corrected chi connectivity index (χ1v) is 32.9. The molecule has 0 saturated carbocycles. The first kappa shape index (κ1) is 87.2. The predicted octanol–water partition coefficient (Wildman–Crippen LogP) is -17.1. The normalized spacial score (nSPS) is 43.6. The Morgan fingerprint density at radius 2 is 0.771 bits per heavy atom. The van der Waals surface area contributed by atoms with Gasteiger partial charge in [-0.15, -0.1) is 0 Å². The molecule has 27 N–H and O–H groups in total. The van der Waals surface area contributed by atoms with E-state index in [9.17, 15) is 146 Å². The van der Waals surface area contributed by atoms with Gasteiger partial charge < -0.3 is 201 Å². The van der Waals surface area contributed by atoms with Gasteiger partial charge in [0.05, 0.1) is 70.5 Å². The Bertz CT molecular complexity index is 2900. The Morgan fingerprint density at radius 1 is 0.390 bits per heavy atom. The first-order chi connectivity index (χ1) is 49.3. The van der Waals surface area contributed by atoms with E-state index in [0.29, 0.717) is 0 Å². The lowest BCUT2D eigenvalue weighted by Crippen LogP contribution is -2.73. The van der Waals surface area contributed by atoms with Crippen molar-refractivity contribution in [3.63, 3.8) is 0 Å². The maximum absolute atomic E-state index is 13.8. The molecular weight excluding hydrogens is 1440 g/mol. The number of ether oxygens (including phenoxy) is 13. The van der Waals surface area contributed by atoms with E-state index in [0.717, 1.165) is 34.6 Å². The molecule has 0 aromatic rings. The molecule has 7 heterocycles. The SMILES string of the molecule is CC(=O)N[C@H]1[C@H](O[C@@H]2[C@H](O[C@]3(C(=O)O)C[C@H](O)[C@@H](NC(C)=O)[C@H]([C@H](O)[C@H](O)CO)O3)[C@@H](NC(C)=O)[C@H](O[C@H]3[C@@H](O)[C@@H](CO)O[C@@H](O[C@@H]4[C@H](O)[C@@H](O)[C@H](O[C@H]5[C@@H](O)[C@@H](CO[C@]6(C(=O)O)C[C@H](O)[C@@H](NC(C)=O)[C@H]([C@H](O)[C@H](O)CO)O6)OC(O)[C@@H]5NC(C)=O)O[C@@H]4CO)[C@@H]3O)O[C@@H]2CO)O[C@H](CO)[C@H](O)[C@@H]1O.